The van der Waals surface area contributed by atoms with Gasteiger partial charge in [-0.2, -0.15) is 0 Å². The first-order valence-electron chi connectivity index (χ1n) is 2.74. The maximum Gasteiger partial charge on any atom is 0.540 e. The van der Waals surface area contributed by atoms with E-state index in [0.29, 0.717) is 10.0 Å². The number of hydrogen-bond acceptors (Lipinski definition) is 0. The third kappa shape index (κ3) is 2.17. The SMILES string of the molecule is [Cl][Mg][c]1ccc(Cl)cc1Cl. The summed E-state index contributed by atoms with van der Waals surface area (Å²) in [6.45, 7) is 0. The molecule has 1 aromatic carbocycles. The van der Waals surface area contributed by atoms with Crippen molar-refractivity contribution in [3.05, 3.63) is 28.2 Å². The lowest BCUT2D eigenvalue weighted by molar-refractivity contribution is 1.76. The minimum atomic E-state index is -0.672. The first-order valence-corrected chi connectivity index (χ1v) is 6.34. The lowest BCUT2D eigenvalue weighted by Crippen LogP contribution is -2.08. The lowest BCUT2D eigenvalue weighted by Gasteiger charge is -1.97. The zero-order valence-electron chi connectivity index (χ0n) is 5.07. The Labute approximate surface area is 83.0 Å². The largest absolute Gasteiger partial charge is 0.540 e. The molecule has 0 heterocycles. The van der Waals surface area contributed by atoms with Gasteiger partial charge in [-0.25, -0.2) is 0 Å². The van der Waals surface area contributed by atoms with Gasteiger partial charge in [-0.3, -0.25) is 0 Å². The Hall–Kier alpha value is 0.856. The molecule has 0 bridgehead atoms. The van der Waals surface area contributed by atoms with Crippen LogP contribution >= 0.6 is 32.3 Å². The van der Waals surface area contributed by atoms with Crippen molar-refractivity contribution in [3.63, 3.8) is 0 Å². The van der Waals surface area contributed by atoms with Crippen molar-refractivity contribution >= 4 is 55.2 Å². The molecule has 0 saturated carbocycles. The fourth-order valence-corrected chi connectivity index (χ4v) is 2.58. The van der Waals surface area contributed by atoms with Crippen LogP contribution in [0.25, 0.3) is 0 Å². The second-order valence-corrected chi connectivity index (χ2v) is 4.54. The molecule has 1 rings (SSSR count). The fraction of sp³-hybridized carbons (Fsp3) is 0. The molecule has 0 unspecified atom stereocenters. The highest BCUT2D eigenvalue weighted by molar-refractivity contribution is 7.02. The van der Waals surface area contributed by atoms with E-state index in [9.17, 15) is 0 Å². The van der Waals surface area contributed by atoms with Gasteiger partial charge in [0.15, 0.2) is 0 Å². The summed E-state index contributed by atoms with van der Waals surface area (Å²) in [5.74, 6) is 0. The molecule has 0 nitrogen and oxygen atoms in total. The summed E-state index contributed by atoms with van der Waals surface area (Å²) in [6.07, 6.45) is 0. The van der Waals surface area contributed by atoms with Crippen molar-refractivity contribution in [2.75, 3.05) is 0 Å². The molecule has 0 radical (unpaired) electrons. The number of hydrogen-bond donors (Lipinski definition) is 0. The molecule has 0 aliphatic heterocycles. The van der Waals surface area contributed by atoms with Gasteiger partial charge in [0.05, 0.1) is 0 Å². The van der Waals surface area contributed by atoms with E-state index in [0.717, 1.165) is 3.69 Å². The van der Waals surface area contributed by atoms with Crippen LogP contribution in [0.2, 0.25) is 10.0 Å². The van der Waals surface area contributed by atoms with E-state index < -0.39 is 19.3 Å². The predicted molar refractivity (Wildman–Crippen MR) is 47.7 cm³/mol. The Morgan fingerprint density at radius 3 is 2.40 bits per heavy atom. The molecule has 0 aliphatic carbocycles. The van der Waals surface area contributed by atoms with Crippen LogP contribution in [0.15, 0.2) is 18.2 Å². The first-order chi connectivity index (χ1) is 4.74. The van der Waals surface area contributed by atoms with Crippen LogP contribution in [0.4, 0.5) is 0 Å². The third-order valence-electron chi connectivity index (χ3n) is 1.16. The number of rotatable bonds is 1. The highest BCUT2D eigenvalue weighted by Crippen LogP contribution is 2.12. The summed E-state index contributed by atoms with van der Waals surface area (Å²) in [6, 6.07) is 5.40. The normalized spacial score (nSPS) is 9.10. The summed E-state index contributed by atoms with van der Waals surface area (Å²) >= 11 is 10.8. The second kappa shape index (κ2) is 4.03. The molecule has 0 aliphatic rings. The molecule has 4 heteroatoms. The van der Waals surface area contributed by atoms with E-state index in [4.69, 9.17) is 32.3 Å². The van der Waals surface area contributed by atoms with Crippen molar-refractivity contribution in [1.82, 2.24) is 0 Å². The van der Waals surface area contributed by atoms with Gasteiger partial charge < -0.3 is 9.07 Å². The smallest absolute Gasteiger partial charge is 0.336 e. The van der Waals surface area contributed by atoms with Crippen LogP contribution in [-0.2, 0) is 0 Å². The van der Waals surface area contributed by atoms with Gasteiger partial charge in [0.1, 0.15) is 0 Å². The van der Waals surface area contributed by atoms with Crippen molar-refractivity contribution in [3.8, 4) is 0 Å². The monoisotopic (exact) mass is 204 g/mol. The zero-order valence-corrected chi connectivity index (χ0v) is 8.76. The summed E-state index contributed by atoms with van der Waals surface area (Å²) in [4.78, 5) is 0. The molecule has 50 valence electrons. The van der Waals surface area contributed by atoms with Gasteiger partial charge in [-0.1, -0.05) is 29.3 Å². The molecule has 0 N–H and O–H groups in total. The van der Waals surface area contributed by atoms with E-state index in [2.05, 4.69) is 0 Å². The molecule has 0 spiro atoms. The minimum absolute atomic E-state index is 0.660. The van der Waals surface area contributed by atoms with Crippen LogP contribution in [0.5, 0.6) is 0 Å². The molecule has 0 saturated heterocycles. The highest BCUT2D eigenvalue weighted by Gasteiger charge is 2.01. The Morgan fingerprint density at radius 1 is 1.20 bits per heavy atom. The van der Waals surface area contributed by atoms with E-state index in [1.165, 1.54) is 0 Å². The summed E-state index contributed by atoms with van der Waals surface area (Å²) < 4.78 is 1.05. The third-order valence-corrected chi connectivity index (χ3v) is 3.74. The van der Waals surface area contributed by atoms with Gasteiger partial charge in [0, 0.05) is 10.0 Å². The summed E-state index contributed by atoms with van der Waals surface area (Å²) in [5, 5.41) is 1.35. The summed E-state index contributed by atoms with van der Waals surface area (Å²) in [5.41, 5.74) is 0. The van der Waals surface area contributed by atoms with E-state index >= 15 is 0 Å². The van der Waals surface area contributed by atoms with E-state index in [1.807, 2.05) is 6.07 Å². The average molecular weight is 206 g/mol. The molecular formula is C6H3Cl3Mg. The molecule has 0 fully saturated rings. The van der Waals surface area contributed by atoms with Gasteiger partial charge in [-0.05, 0) is 12.1 Å². The minimum Gasteiger partial charge on any atom is -0.336 e. The van der Waals surface area contributed by atoms with E-state index in [-0.39, 0.29) is 0 Å². The molecule has 10 heavy (non-hydrogen) atoms. The Morgan fingerprint density at radius 2 is 1.90 bits per heavy atom. The standard InChI is InChI=1S/C6H3Cl2.ClH.Mg/c7-5-2-1-3-6(8)4-5;;/h1-2,4H;1H;/q;;+1/p-1. The Bertz CT molecular complexity index is 236. The molecule has 0 atom stereocenters. The fourth-order valence-electron chi connectivity index (χ4n) is 0.630. The van der Waals surface area contributed by atoms with Crippen molar-refractivity contribution in [2.24, 2.45) is 0 Å². The van der Waals surface area contributed by atoms with Gasteiger partial charge >= 0.3 is 19.3 Å². The van der Waals surface area contributed by atoms with Crippen LogP contribution < -0.4 is 3.69 Å². The topological polar surface area (TPSA) is 0 Å². The van der Waals surface area contributed by atoms with Crippen LogP contribution in [0.3, 0.4) is 0 Å². The molecular weight excluding hydrogens is 203 g/mol. The second-order valence-electron chi connectivity index (χ2n) is 1.87. The molecule has 0 aromatic heterocycles. The Balaban J connectivity index is 3.07. The van der Waals surface area contributed by atoms with Gasteiger partial charge in [-0.15, -0.1) is 3.69 Å². The predicted octanol–water partition coefficient (Wildman–Crippen LogP) is 2.48. The number of benzene rings is 1. The van der Waals surface area contributed by atoms with Crippen molar-refractivity contribution < 1.29 is 0 Å². The van der Waals surface area contributed by atoms with Gasteiger partial charge in [0.25, 0.3) is 0 Å². The lowest BCUT2D eigenvalue weighted by atomic mass is 10.4. The highest BCUT2D eigenvalue weighted by atomic mass is 35.5. The van der Waals surface area contributed by atoms with Crippen molar-refractivity contribution in [2.45, 2.75) is 0 Å². The van der Waals surface area contributed by atoms with Crippen LogP contribution in [-0.4, -0.2) is 19.3 Å². The maximum atomic E-state index is 5.80. The van der Waals surface area contributed by atoms with Crippen LogP contribution in [0, 0.1) is 0 Å². The van der Waals surface area contributed by atoms with E-state index in [1.54, 1.807) is 12.1 Å². The quantitative estimate of drug-likeness (QED) is 0.618. The average Bonchev–Trinajstić information content (AvgIpc) is 1.88. The van der Waals surface area contributed by atoms with Crippen molar-refractivity contribution in [1.29, 1.82) is 0 Å². The summed E-state index contributed by atoms with van der Waals surface area (Å²) in [7, 11) is 5.70. The Kier molecular flexibility index (Phi) is 3.60. The van der Waals surface area contributed by atoms with Crippen LogP contribution in [0.1, 0.15) is 0 Å². The molecule has 0 amide bonds. The number of halogens is 3. The zero-order chi connectivity index (χ0) is 7.56. The maximum absolute atomic E-state index is 5.80. The molecule has 1 aromatic rings. The van der Waals surface area contributed by atoms with Gasteiger partial charge in [0.2, 0.25) is 0 Å². The first kappa shape index (κ1) is 8.95.